The minimum atomic E-state index is 0.330. The largest absolute Gasteiger partial charge is 0.326 e. The van der Waals surface area contributed by atoms with Crippen LogP contribution in [-0.2, 0) is 0 Å². The van der Waals surface area contributed by atoms with Crippen molar-refractivity contribution in [1.82, 2.24) is 4.90 Å². The van der Waals surface area contributed by atoms with Crippen LogP contribution in [0.5, 0.6) is 0 Å². The summed E-state index contributed by atoms with van der Waals surface area (Å²) in [4.78, 5) is 2.47. The van der Waals surface area contributed by atoms with Crippen LogP contribution in [0, 0.1) is 11.3 Å². The van der Waals surface area contributed by atoms with Gasteiger partial charge >= 0.3 is 0 Å². The third-order valence-corrected chi connectivity index (χ3v) is 4.03. The van der Waals surface area contributed by atoms with Crippen molar-refractivity contribution in [1.29, 1.82) is 0 Å². The number of hydrogen-bond acceptors (Lipinski definition) is 2. The zero-order valence-electron chi connectivity index (χ0n) is 11.1. The molecule has 0 aliphatic heterocycles. The normalized spacial score (nSPS) is 30.4. The average Bonchev–Trinajstić information content (AvgIpc) is 2.39. The number of nitrogens with two attached hydrogens (primary N) is 1. The Bertz CT molecular complexity index is 199. The maximum atomic E-state index is 6.32. The van der Waals surface area contributed by atoms with Crippen LogP contribution < -0.4 is 5.73 Å². The monoisotopic (exact) mass is 212 g/mol. The van der Waals surface area contributed by atoms with E-state index in [1.165, 1.54) is 25.8 Å². The van der Waals surface area contributed by atoms with E-state index in [9.17, 15) is 0 Å². The van der Waals surface area contributed by atoms with Crippen LogP contribution in [0.2, 0.25) is 0 Å². The SMILES string of the molecule is CC(C)CCN(C)C1CCC(C)(C)C1N. The van der Waals surface area contributed by atoms with Crippen LogP contribution in [0.1, 0.15) is 47.0 Å². The standard InChI is InChI=1S/C13H28N2/c1-10(2)7-9-15(5)11-6-8-13(3,4)12(11)14/h10-12H,6-9,14H2,1-5H3. The summed E-state index contributed by atoms with van der Waals surface area (Å²) in [6.45, 7) is 10.4. The highest BCUT2D eigenvalue weighted by atomic mass is 15.2. The molecule has 1 saturated carbocycles. The Labute approximate surface area is 95.2 Å². The molecular weight excluding hydrogens is 184 g/mol. The van der Waals surface area contributed by atoms with Gasteiger partial charge in [0, 0.05) is 12.1 Å². The smallest absolute Gasteiger partial charge is 0.0249 e. The number of rotatable bonds is 4. The van der Waals surface area contributed by atoms with E-state index in [0.29, 0.717) is 17.5 Å². The van der Waals surface area contributed by atoms with Crippen molar-refractivity contribution in [2.24, 2.45) is 17.1 Å². The molecule has 2 unspecified atom stereocenters. The first kappa shape index (κ1) is 13.0. The molecule has 2 heteroatoms. The van der Waals surface area contributed by atoms with Crippen molar-refractivity contribution in [2.75, 3.05) is 13.6 Å². The van der Waals surface area contributed by atoms with E-state index in [0.717, 1.165) is 5.92 Å². The maximum absolute atomic E-state index is 6.32. The second-order valence-corrected chi connectivity index (χ2v) is 6.28. The minimum Gasteiger partial charge on any atom is -0.326 e. The summed E-state index contributed by atoms with van der Waals surface area (Å²) in [6.07, 6.45) is 3.81. The predicted molar refractivity (Wildman–Crippen MR) is 66.9 cm³/mol. The summed E-state index contributed by atoms with van der Waals surface area (Å²) in [5, 5.41) is 0. The lowest BCUT2D eigenvalue weighted by molar-refractivity contribution is 0.190. The molecule has 0 aromatic heterocycles. The quantitative estimate of drug-likeness (QED) is 0.776. The molecule has 90 valence electrons. The third-order valence-electron chi connectivity index (χ3n) is 4.03. The van der Waals surface area contributed by atoms with E-state index in [2.05, 4.69) is 39.6 Å². The average molecular weight is 212 g/mol. The first-order valence-electron chi connectivity index (χ1n) is 6.30. The lowest BCUT2D eigenvalue weighted by Gasteiger charge is -2.32. The molecule has 2 atom stereocenters. The Morgan fingerprint density at radius 1 is 1.40 bits per heavy atom. The molecule has 0 amide bonds. The van der Waals surface area contributed by atoms with Gasteiger partial charge in [0.25, 0.3) is 0 Å². The van der Waals surface area contributed by atoms with Crippen molar-refractivity contribution in [3.8, 4) is 0 Å². The third kappa shape index (κ3) is 3.18. The second-order valence-electron chi connectivity index (χ2n) is 6.28. The van der Waals surface area contributed by atoms with Crippen molar-refractivity contribution in [2.45, 2.75) is 59.0 Å². The van der Waals surface area contributed by atoms with Gasteiger partial charge in [-0.2, -0.15) is 0 Å². The minimum absolute atomic E-state index is 0.330. The van der Waals surface area contributed by atoms with Gasteiger partial charge in [0.2, 0.25) is 0 Å². The molecule has 1 fully saturated rings. The van der Waals surface area contributed by atoms with Crippen LogP contribution >= 0.6 is 0 Å². The van der Waals surface area contributed by atoms with E-state index in [1.807, 2.05) is 0 Å². The Morgan fingerprint density at radius 2 is 2.00 bits per heavy atom. The summed E-state index contributed by atoms with van der Waals surface area (Å²) in [5.74, 6) is 0.790. The number of nitrogens with zero attached hydrogens (tertiary/aromatic N) is 1. The zero-order valence-corrected chi connectivity index (χ0v) is 11.1. The predicted octanol–water partition coefficient (Wildman–Crippen LogP) is 2.48. The molecule has 15 heavy (non-hydrogen) atoms. The second kappa shape index (κ2) is 4.84. The van der Waals surface area contributed by atoms with Crippen molar-refractivity contribution in [3.63, 3.8) is 0 Å². The van der Waals surface area contributed by atoms with Gasteiger partial charge in [-0.3, -0.25) is 0 Å². The van der Waals surface area contributed by atoms with Gasteiger partial charge in [0.15, 0.2) is 0 Å². The van der Waals surface area contributed by atoms with Gasteiger partial charge in [-0.05, 0) is 44.2 Å². The fourth-order valence-electron chi connectivity index (χ4n) is 2.51. The fraction of sp³-hybridized carbons (Fsp3) is 1.00. The highest BCUT2D eigenvalue weighted by molar-refractivity contribution is 4.98. The van der Waals surface area contributed by atoms with Crippen molar-refractivity contribution < 1.29 is 0 Å². The molecule has 0 aromatic carbocycles. The summed E-state index contributed by atoms with van der Waals surface area (Å²) < 4.78 is 0. The van der Waals surface area contributed by atoms with Crippen LogP contribution in [0.25, 0.3) is 0 Å². The van der Waals surface area contributed by atoms with Crippen molar-refractivity contribution >= 4 is 0 Å². The van der Waals surface area contributed by atoms with E-state index < -0.39 is 0 Å². The Balaban J connectivity index is 2.44. The summed E-state index contributed by atoms with van der Waals surface area (Å²) in [5.41, 5.74) is 6.65. The van der Waals surface area contributed by atoms with Gasteiger partial charge in [0.1, 0.15) is 0 Å². The van der Waals surface area contributed by atoms with Crippen molar-refractivity contribution in [3.05, 3.63) is 0 Å². The molecule has 2 nitrogen and oxygen atoms in total. The Kier molecular flexibility index (Phi) is 4.19. The molecule has 0 aromatic rings. The number of hydrogen-bond donors (Lipinski definition) is 1. The highest BCUT2D eigenvalue weighted by Crippen LogP contribution is 2.38. The summed E-state index contributed by atoms with van der Waals surface area (Å²) in [7, 11) is 2.23. The highest BCUT2D eigenvalue weighted by Gasteiger charge is 2.40. The molecule has 0 radical (unpaired) electrons. The van der Waals surface area contributed by atoms with E-state index in [1.54, 1.807) is 0 Å². The first-order chi connectivity index (χ1) is 6.84. The van der Waals surface area contributed by atoms with E-state index in [4.69, 9.17) is 5.73 Å². The van der Waals surface area contributed by atoms with E-state index >= 15 is 0 Å². The van der Waals surface area contributed by atoms with E-state index in [-0.39, 0.29) is 0 Å². The van der Waals surface area contributed by atoms with Crippen LogP contribution in [0.15, 0.2) is 0 Å². The lowest BCUT2D eigenvalue weighted by atomic mass is 9.87. The van der Waals surface area contributed by atoms with Gasteiger partial charge in [-0.25, -0.2) is 0 Å². The molecular formula is C13H28N2. The molecule has 0 heterocycles. The van der Waals surface area contributed by atoms with Gasteiger partial charge in [-0.1, -0.05) is 27.7 Å². The molecule has 0 bridgehead atoms. The molecule has 1 rings (SSSR count). The molecule has 1 aliphatic carbocycles. The fourth-order valence-corrected chi connectivity index (χ4v) is 2.51. The zero-order chi connectivity index (χ0) is 11.6. The molecule has 0 spiro atoms. The Morgan fingerprint density at radius 3 is 2.40 bits per heavy atom. The van der Waals surface area contributed by atoms with Crippen LogP contribution in [-0.4, -0.2) is 30.6 Å². The topological polar surface area (TPSA) is 29.3 Å². The molecule has 2 N–H and O–H groups in total. The number of likely N-dealkylation sites (N-methyl/N-ethyl adjacent to an activating group) is 1. The Hall–Kier alpha value is -0.0800. The molecule has 1 aliphatic rings. The molecule has 0 saturated heterocycles. The van der Waals surface area contributed by atoms with Crippen LogP contribution in [0.4, 0.5) is 0 Å². The van der Waals surface area contributed by atoms with Gasteiger partial charge in [-0.15, -0.1) is 0 Å². The first-order valence-corrected chi connectivity index (χ1v) is 6.30. The summed E-state index contributed by atoms with van der Waals surface area (Å²) in [6, 6.07) is 0.938. The van der Waals surface area contributed by atoms with Gasteiger partial charge < -0.3 is 10.6 Å². The summed E-state index contributed by atoms with van der Waals surface area (Å²) >= 11 is 0. The maximum Gasteiger partial charge on any atom is 0.0249 e. The van der Waals surface area contributed by atoms with Gasteiger partial charge in [0.05, 0.1) is 0 Å². The lowest BCUT2D eigenvalue weighted by Crippen LogP contribution is -2.48. The van der Waals surface area contributed by atoms with Crippen LogP contribution in [0.3, 0.4) is 0 Å².